The third-order valence-electron chi connectivity index (χ3n) is 4.68. The van der Waals surface area contributed by atoms with Gasteiger partial charge in [0.25, 0.3) is 11.8 Å². The molecule has 0 bridgehead atoms. The molecule has 0 aliphatic carbocycles. The lowest BCUT2D eigenvalue weighted by Gasteiger charge is -2.16. The highest BCUT2D eigenvalue weighted by Crippen LogP contribution is 2.36. The highest BCUT2D eigenvalue weighted by molar-refractivity contribution is 6.46. The zero-order chi connectivity index (χ0) is 21.3. The zero-order valence-electron chi connectivity index (χ0n) is 15.9. The molecule has 0 radical (unpaired) electrons. The van der Waals surface area contributed by atoms with Crippen LogP contribution in [0.1, 0.15) is 5.56 Å². The Bertz CT molecular complexity index is 1170. The van der Waals surface area contributed by atoms with Crippen LogP contribution in [0.25, 0.3) is 5.57 Å². The standard InChI is InChI=1S/C23H16F2N2O3/c1-30-19-9-5-3-7-17(19)26-21-20(14-10-12-15(24)13-11-14)22(28)27(23(21)29)18-8-4-2-6-16(18)25/h2-13,26H,1H3. The second kappa shape index (κ2) is 7.79. The Hall–Kier alpha value is -4.00. The highest BCUT2D eigenvalue weighted by Gasteiger charge is 2.41. The Morgan fingerprint density at radius 2 is 1.50 bits per heavy atom. The first-order chi connectivity index (χ1) is 14.5. The summed E-state index contributed by atoms with van der Waals surface area (Å²) in [6.07, 6.45) is 0. The van der Waals surface area contributed by atoms with E-state index in [1.165, 1.54) is 55.6 Å². The minimum Gasteiger partial charge on any atom is -0.495 e. The fraction of sp³-hybridized carbons (Fsp3) is 0.0435. The van der Waals surface area contributed by atoms with Crippen molar-refractivity contribution in [1.29, 1.82) is 0 Å². The number of benzene rings is 3. The van der Waals surface area contributed by atoms with Crippen LogP contribution in [0.5, 0.6) is 5.75 Å². The largest absolute Gasteiger partial charge is 0.495 e. The van der Waals surface area contributed by atoms with Gasteiger partial charge in [0, 0.05) is 0 Å². The molecule has 150 valence electrons. The maximum absolute atomic E-state index is 14.4. The van der Waals surface area contributed by atoms with E-state index in [0.29, 0.717) is 17.0 Å². The molecule has 2 amide bonds. The number of para-hydroxylation sites is 3. The van der Waals surface area contributed by atoms with E-state index in [0.717, 1.165) is 4.90 Å². The van der Waals surface area contributed by atoms with Crippen molar-refractivity contribution in [3.63, 3.8) is 0 Å². The fourth-order valence-electron chi connectivity index (χ4n) is 3.26. The number of anilines is 2. The Morgan fingerprint density at radius 3 is 2.20 bits per heavy atom. The van der Waals surface area contributed by atoms with Crippen LogP contribution in [-0.2, 0) is 9.59 Å². The highest BCUT2D eigenvalue weighted by atomic mass is 19.1. The van der Waals surface area contributed by atoms with E-state index in [4.69, 9.17) is 4.74 Å². The third kappa shape index (κ3) is 3.30. The number of hydrogen-bond donors (Lipinski definition) is 1. The number of carbonyl (C=O) groups is 2. The molecule has 0 spiro atoms. The lowest BCUT2D eigenvalue weighted by Crippen LogP contribution is -2.33. The first kappa shape index (κ1) is 19.3. The predicted molar refractivity (Wildman–Crippen MR) is 109 cm³/mol. The number of imide groups is 1. The molecule has 5 nitrogen and oxygen atoms in total. The number of hydrogen-bond acceptors (Lipinski definition) is 4. The molecule has 7 heteroatoms. The van der Waals surface area contributed by atoms with Crippen molar-refractivity contribution >= 4 is 28.8 Å². The average Bonchev–Trinajstić information content (AvgIpc) is 2.99. The van der Waals surface area contributed by atoms with Crippen molar-refractivity contribution in [3.05, 3.63) is 95.7 Å². The van der Waals surface area contributed by atoms with Crippen LogP contribution in [0, 0.1) is 11.6 Å². The summed E-state index contributed by atoms with van der Waals surface area (Å²) in [5, 5.41) is 2.95. The van der Waals surface area contributed by atoms with E-state index >= 15 is 0 Å². The van der Waals surface area contributed by atoms with Gasteiger partial charge in [-0.25, -0.2) is 13.7 Å². The molecular formula is C23H16F2N2O3. The van der Waals surface area contributed by atoms with Gasteiger partial charge in [-0.1, -0.05) is 36.4 Å². The van der Waals surface area contributed by atoms with E-state index in [1.807, 2.05) is 0 Å². The minimum absolute atomic E-state index is 0.00848. The smallest absolute Gasteiger partial charge is 0.282 e. The number of ether oxygens (including phenoxy) is 1. The summed E-state index contributed by atoms with van der Waals surface area (Å²) < 4.78 is 33.1. The first-order valence-electron chi connectivity index (χ1n) is 9.05. The molecule has 0 unspecified atom stereocenters. The number of amides is 2. The molecule has 1 heterocycles. The number of rotatable bonds is 5. The number of nitrogens with zero attached hydrogens (tertiary/aromatic N) is 1. The van der Waals surface area contributed by atoms with Gasteiger partial charge < -0.3 is 10.1 Å². The fourth-order valence-corrected chi connectivity index (χ4v) is 3.26. The van der Waals surface area contributed by atoms with Crippen LogP contribution in [0.15, 0.2) is 78.5 Å². The first-order valence-corrected chi connectivity index (χ1v) is 9.05. The number of halogens is 2. The van der Waals surface area contributed by atoms with Crippen molar-refractivity contribution < 1.29 is 23.1 Å². The Morgan fingerprint density at radius 1 is 0.833 bits per heavy atom. The second-order valence-electron chi connectivity index (χ2n) is 6.48. The molecule has 0 saturated heterocycles. The second-order valence-corrected chi connectivity index (χ2v) is 6.48. The van der Waals surface area contributed by atoms with E-state index in [1.54, 1.807) is 24.3 Å². The zero-order valence-corrected chi connectivity index (χ0v) is 15.9. The van der Waals surface area contributed by atoms with Crippen molar-refractivity contribution in [2.75, 3.05) is 17.3 Å². The van der Waals surface area contributed by atoms with Gasteiger partial charge in [-0.15, -0.1) is 0 Å². The third-order valence-corrected chi connectivity index (χ3v) is 4.68. The Kier molecular flexibility index (Phi) is 5.02. The topological polar surface area (TPSA) is 58.6 Å². The molecule has 0 saturated carbocycles. The van der Waals surface area contributed by atoms with Crippen molar-refractivity contribution in [1.82, 2.24) is 0 Å². The molecule has 1 N–H and O–H groups in total. The maximum Gasteiger partial charge on any atom is 0.282 e. The van der Waals surface area contributed by atoms with Crippen LogP contribution >= 0.6 is 0 Å². The lowest BCUT2D eigenvalue weighted by molar-refractivity contribution is -0.120. The van der Waals surface area contributed by atoms with Gasteiger partial charge in [-0.3, -0.25) is 9.59 Å². The van der Waals surface area contributed by atoms with Gasteiger partial charge in [0.15, 0.2) is 0 Å². The normalized spacial score (nSPS) is 13.8. The molecular weight excluding hydrogens is 390 g/mol. The van der Waals surface area contributed by atoms with Crippen molar-refractivity contribution in [2.45, 2.75) is 0 Å². The summed E-state index contributed by atoms with van der Waals surface area (Å²) >= 11 is 0. The number of carbonyl (C=O) groups excluding carboxylic acids is 2. The minimum atomic E-state index is -0.727. The van der Waals surface area contributed by atoms with Gasteiger partial charge >= 0.3 is 0 Å². The van der Waals surface area contributed by atoms with E-state index in [-0.39, 0.29) is 17.0 Å². The van der Waals surface area contributed by atoms with Crippen LogP contribution < -0.4 is 15.0 Å². The van der Waals surface area contributed by atoms with Gasteiger partial charge in [0.05, 0.1) is 24.1 Å². The van der Waals surface area contributed by atoms with Crippen molar-refractivity contribution in [3.8, 4) is 5.75 Å². The summed E-state index contributed by atoms with van der Waals surface area (Å²) in [4.78, 5) is 27.2. The molecule has 3 aromatic rings. The molecule has 3 aromatic carbocycles. The quantitative estimate of drug-likeness (QED) is 0.640. The van der Waals surface area contributed by atoms with E-state index in [9.17, 15) is 18.4 Å². The molecule has 0 aromatic heterocycles. The van der Waals surface area contributed by atoms with Gasteiger partial charge in [0.2, 0.25) is 0 Å². The van der Waals surface area contributed by atoms with E-state index < -0.39 is 23.4 Å². The Balaban J connectivity index is 1.86. The molecule has 1 aliphatic rings. The summed E-state index contributed by atoms with van der Waals surface area (Å²) in [6, 6.07) is 17.5. The molecule has 4 rings (SSSR count). The van der Waals surface area contributed by atoms with Gasteiger partial charge in [0.1, 0.15) is 23.1 Å². The average molecular weight is 406 g/mol. The van der Waals surface area contributed by atoms with Crippen LogP contribution in [0.2, 0.25) is 0 Å². The van der Waals surface area contributed by atoms with Crippen LogP contribution in [0.4, 0.5) is 20.2 Å². The maximum atomic E-state index is 14.4. The summed E-state index contributed by atoms with van der Waals surface area (Å²) in [5.41, 5.74) is 0.564. The summed E-state index contributed by atoms with van der Waals surface area (Å²) in [6.45, 7) is 0. The molecule has 0 atom stereocenters. The lowest BCUT2D eigenvalue weighted by atomic mass is 10.0. The molecule has 0 fully saturated rings. The van der Waals surface area contributed by atoms with E-state index in [2.05, 4.69) is 5.32 Å². The molecule has 30 heavy (non-hydrogen) atoms. The summed E-state index contributed by atoms with van der Waals surface area (Å²) in [7, 11) is 1.48. The SMILES string of the molecule is COc1ccccc1NC1=C(c2ccc(F)cc2)C(=O)N(c2ccccc2F)C1=O. The van der Waals surface area contributed by atoms with Gasteiger partial charge in [-0.2, -0.15) is 0 Å². The van der Waals surface area contributed by atoms with Crippen LogP contribution in [0.3, 0.4) is 0 Å². The van der Waals surface area contributed by atoms with Gasteiger partial charge in [-0.05, 0) is 42.0 Å². The number of nitrogens with one attached hydrogen (secondary N) is 1. The molecule has 1 aliphatic heterocycles. The predicted octanol–water partition coefficient (Wildman–Crippen LogP) is 4.37. The monoisotopic (exact) mass is 406 g/mol. The number of methoxy groups -OCH3 is 1. The van der Waals surface area contributed by atoms with Crippen molar-refractivity contribution in [2.24, 2.45) is 0 Å². The summed E-state index contributed by atoms with van der Waals surface area (Å²) in [5.74, 6) is -2.19. The Labute approximate surface area is 171 Å². The van der Waals surface area contributed by atoms with Crippen LogP contribution in [-0.4, -0.2) is 18.9 Å².